The first kappa shape index (κ1) is 13.3. The molecule has 1 amide bonds. The molecular formula is C18H19N3O. The summed E-state index contributed by atoms with van der Waals surface area (Å²) in [5, 5.41) is 7.38. The number of carbonyl (C=O) groups is 1. The van der Waals surface area contributed by atoms with E-state index < -0.39 is 0 Å². The fourth-order valence-corrected chi connectivity index (χ4v) is 3.10. The highest BCUT2D eigenvalue weighted by atomic mass is 16.1. The van der Waals surface area contributed by atoms with E-state index in [1.807, 2.05) is 24.3 Å². The van der Waals surface area contributed by atoms with E-state index in [0.717, 1.165) is 6.54 Å². The maximum Gasteiger partial charge on any atom is 0.251 e. The molecule has 2 heterocycles. The summed E-state index contributed by atoms with van der Waals surface area (Å²) >= 11 is 0. The van der Waals surface area contributed by atoms with E-state index in [4.69, 9.17) is 0 Å². The molecule has 0 spiro atoms. The Morgan fingerprint density at radius 2 is 1.95 bits per heavy atom. The van der Waals surface area contributed by atoms with Gasteiger partial charge < -0.3 is 5.32 Å². The molecule has 1 saturated carbocycles. The van der Waals surface area contributed by atoms with Crippen molar-refractivity contribution < 1.29 is 4.79 Å². The largest absolute Gasteiger partial charge is 0.355 e. The Morgan fingerprint density at radius 1 is 1.18 bits per heavy atom. The molecule has 0 atom stereocenters. The molecule has 22 heavy (non-hydrogen) atoms. The maximum atomic E-state index is 11.7. The first-order valence-electron chi connectivity index (χ1n) is 7.74. The predicted molar refractivity (Wildman–Crippen MR) is 86.6 cm³/mol. The summed E-state index contributed by atoms with van der Waals surface area (Å²) in [5.41, 5.74) is 4.47. The van der Waals surface area contributed by atoms with Crippen LogP contribution in [0, 0.1) is 0 Å². The Hall–Kier alpha value is -2.33. The third kappa shape index (κ3) is 2.16. The van der Waals surface area contributed by atoms with Gasteiger partial charge in [-0.1, -0.05) is 18.2 Å². The number of nitrogens with one attached hydrogen (secondary N) is 1. The average Bonchev–Trinajstić information content (AvgIpc) is 3.35. The van der Waals surface area contributed by atoms with Gasteiger partial charge in [-0.05, 0) is 42.7 Å². The van der Waals surface area contributed by atoms with E-state index in [-0.39, 0.29) is 5.91 Å². The summed E-state index contributed by atoms with van der Waals surface area (Å²) in [6.07, 6.45) is 11.0. The third-order valence-electron chi connectivity index (χ3n) is 4.44. The molecule has 1 N–H and O–H groups in total. The molecule has 2 aliphatic heterocycles. The number of amides is 1. The lowest BCUT2D eigenvalue weighted by atomic mass is 10.0. The van der Waals surface area contributed by atoms with Crippen LogP contribution >= 0.6 is 0 Å². The Kier molecular flexibility index (Phi) is 3.12. The Morgan fingerprint density at radius 3 is 2.64 bits per heavy atom. The van der Waals surface area contributed by atoms with Crippen molar-refractivity contribution in [2.45, 2.75) is 18.9 Å². The predicted octanol–water partition coefficient (Wildman–Crippen LogP) is 2.54. The van der Waals surface area contributed by atoms with Crippen molar-refractivity contribution in [3.63, 3.8) is 0 Å². The van der Waals surface area contributed by atoms with E-state index in [9.17, 15) is 4.79 Å². The molecule has 4 heteroatoms. The van der Waals surface area contributed by atoms with Gasteiger partial charge in [0.2, 0.25) is 0 Å². The molecular weight excluding hydrogens is 274 g/mol. The number of nitrogens with zero attached hydrogens (tertiary/aromatic N) is 2. The monoisotopic (exact) mass is 293 g/mol. The molecule has 4 nitrogen and oxygen atoms in total. The van der Waals surface area contributed by atoms with Gasteiger partial charge in [-0.3, -0.25) is 9.80 Å². The molecule has 1 aromatic carbocycles. The zero-order valence-corrected chi connectivity index (χ0v) is 12.6. The van der Waals surface area contributed by atoms with Crippen LogP contribution < -0.4 is 5.32 Å². The van der Waals surface area contributed by atoms with Crippen LogP contribution in [0.15, 0.2) is 54.4 Å². The first-order valence-corrected chi connectivity index (χ1v) is 7.74. The number of carbonyl (C=O) groups excluding carboxylic acids is 1. The summed E-state index contributed by atoms with van der Waals surface area (Å²) in [7, 11) is 1.66. The molecule has 0 aromatic heterocycles. The molecule has 0 radical (unpaired) electrons. The Labute approximate surface area is 130 Å². The fraction of sp³-hybridized carbons (Fsp3) is 0.278. The number of fused-ring (bicyclic) bond motifs is 1. The van der Waals surface area contributed by atoms with Crippen LogP contribution in [0.25, 0.3) is 5.57 Å². The van der Waals surface area contributed by atoms with Crippen LogP contribution in [0.3, 0.4) is 0 Å². The molecule has 0 bridgehead atoms. The molecule has 0 saturated heterocycles. The first-order chi connectivity index (χ1) is 10.8. The summed E-state index contributed by atoms with van der Waals surface area (Å²) in [5.74, 6) is -0.0441. The van der Waals surface area contributed by atoms with Gasteiger partial charge in [-0.2, -0.15) is 0 Å². The highest BCUT2D eigenvalue weighted by molar-refractivity contribution is 5.94. The maximum absolute atomic E-state index is 11.7. The van der Waals surface area contributed by atoms with Gasteiger partial charge in [-0.25, -0.2) is 5.01 Å². The zero-order chi connectivity index (χ0) is 15.1. The summed E-state index contributed by atoms with van der Waals surface area (Å²) in [6, 6.07) is 8.57. The second kappa shape index (κ2) is 5.14. The summed E-state index contributed by atoms with van der Waals surface area (Å²) in [4.78, 5) is 11.7. The van der Waals surface area contributed by atoms with Crippen molar-refractivity contribution in [1.29, 1.82) is 0 Å². The summed E-state index contributed by atoms with van der Waals surface area (Å²) < 4.78 is 0. The van der Waals surface area contributed by atoms with Crippen LogP contribution in [-0.2, 0) is 0 Å². The van der Waals surface area contributed by atoms with Crippen molar-refractivity contribution in [2.24, 2.45) is 0 Å². The number of hydrogen-bond donors (Lipinski definition) is 1. The summed E-state index contributed by atoms with van der Waals surface area (Å²) in [6.45, 7) is 0.938. The SMILES string of the molecule is CNC(=O)c1ccc(C2=C3C=CC=CN3N(C3CC3)C2)cc1. The normalized spacial score (nSPS) is 20.5. The van der Waals surface area contributed by atoms with E-state index in [1.165, 1.54) is 29.7 Å². The van der Waals surface area contributed by atoms with E-state index in [0.29, 0.717) is 11.6 Å². The number of rotatable bonds is 3. The van der Waals surface area contributed by atoms with E-state index >= 15 is 0 Å². The van der Waals surface area contributed by atoms with Crippen LogP contribution in [0.5, 0.6) is 0 Å². The Balaban J connectivity index is 1.67. The van der Waals surface area contributed by atoms with E-state index in [2.05, 4.69) is 39.8 Å². The lowest BCUT2D eigenvalue weighted by Crippen LogP contribution is -2.35. The minimum absolute atomic E-state index is 0.0441. The molecule has 0 unspecified atom stereocenters. The highest BCUT2D eigenvalue weighted by Gasteiger charge is 2.38. The van der Waals surface area contributed by atoms with E-state index in [1.54, 1.807) is 7.05 Å². The van der Waals surface area contributed by atoms with Gasteiger partial charge >= 0.3 is 0 Å². The number of hydrogen-bond acceptors (Lipinski definition) is 3. The van der Waals surface area contributed by atoms with Crippen LogP contribution in [0.4, 0.5) is 0 Å². The molecule has 1 aliphatic carbocycles. The van der Waals surface area contributed by atoms with Gasteiger partial charge in [0.25, 0.3) is 5.91 Å². The molecule has 1 aromatic rings. The zero-order valence-electron chi connectivity index (χ0n) is 12.6. The van der Waals surface area contributed by atoms with Crippen molar-refractivity contribution in [3.05, 3.63) is 65.5 Å². The van der Waals surface area contributed by atoms with Gasteiger partial charge in [0.15, 0.2) is 0 Å². The second-order valence-electron chi connectivity index (χ2n) is 5.89. The van der Waals surface area contributed by atoms with Crippen LogP contribution in [0.1, 0.15) is 28.8 Å². The van der Waals surface area contributed by atoms with Gasteiger partial charge in [-0.15, -0.1) is 0 Å². The van der Waals surface area contributed by atoms with Gasteiger partial charge in [0.1, 0.15) is 0 Å². The fourth-order valence-electron chi connectivity index (χ4n) is 3.10. The second-order valence-corrected chi connectivity index (χ2v) is 5.89. The molecule has 112 valence electrons. The molecule has 3 aliphatic rings. The number of benzene rings is 1. The lowest BCUT2D eigenvalue weighted by Gasteiger charge is -2.29. The van der Waals surface area contributed by atoms with Crippen molar-refractivity contribution in [2.75, 3.05) is 13.6 Å². The van der Waals surface area contributed by atoms with Crippen LogP contribution in [-0.4, -0.2) is 35.6 Å². The standard InChI is InChI=1S/C18H19N3O/c1-19-18(22)14-7-5-13(6-8-14)16-12-21(15-9-10-15)20-11-3-2-4-17(16)20/h2-8,11,15H,9-10,12H2,1H3,(H,19,22). The quantitative estimate of drug-likeness (QED) is 0.930. The Bertz CT molecular complexity index is 696. The van der Waals surface area contributed by atoms with Crippen molar-refractivity contribution in [1.82, 2.24) is 15.3 Å². The van der Waals surface area contributed by atoms with Crippen LogP contribution in [0.2, 0.25) is 0 Å². The van der Waals surface area contributed by atoms with Gasteiger partial charge in [0.05, 0.1) is 5.70 Å². The van der Waals surface area contributed by atoms with Gasteiger partial charge in [0, 0.05) is 37.0 Å². The minimum Gasteiger partial charge on any atom is -0.355 e. The number of allylic oxidation sites excluding steroid dienone is 3. The topological polar surface area (TPSA) is 35.6 Å². The van der Waals surface area contributed by atoms with Crippen molar-refractivity contribution >= 4 is 11.5 Å². The van der Waals surface area contributed by atoms with Crippen molar-refractivity contribution in [3.8, 4) is 0 Å². The highest BCUT2D eigenvalue weighted by Crippen LogP contribution is 2.40. The molecule has 4 rings (SSSR count). The third-order valence-corrected chi connectivity index (χ3v) is 4.44. The minimum atomic E-state index is -0.0441. The smallest absolute Gasteiger partial charge is 0.251 e. The lowest BCUT2D eigenvalue weighted by molar-refractivity contribution is 0.0843. The number of hydrazine groups is 1. The molecule has 1 fully saturated rings. The average molecular weight is 293 g/mol.